The van der Waals surface area contributed by atoms with Gasteiger partial charge in [0.1, 0.15) is 10.5 Å². The molecule has 1 aliphatic heterocycles. The van der Waals surface area contributed by atoms with Gasteiger partial charge < -0.3 is 9.72 Å². The van der Waals surface area contributed by atoms with Crippen molar-refractivity contribution in [3.63, 3.8) is 0 Å². The summed E-state index contributed by atoms with van der Waals surface area (Å²) in [7, 11) is 0. The second kappa shape index (κ2) is 6.89. The lowest BCUT2D eigenvalue weighted by molar-refractivity contribution is -0.00624. The molecule has 1 saturated heterocycles. The molecule has 0 spiro atoms. The average molecular weight is 321 g/mol. The number of aromatic nitrogens is 2. The van der Waals surface area contributed by atoms with E-state index in [1.807, 2.05) is 11.4 Å². The predicted molar refractivity (Wildman–Crippen MR) is 89.3 cm³/mol. The lowest BCUT2D eigenvalue weighted by Gasteiger charge is -2.31. The summed E-state index contributed by atoms with van der Waals surface area (Å²) in [5, 5.41) is 1.91. The summed E-state index contributed by atoms with van der Waals surface area (Å²) in [6.07, 6.45) is 2.49. The van der Waals surface area contributed by atoms with Gasteiger partial charge in [-0.15, -0.1) is 11.3 Å². The highest BCUT2D eigenvalue weighted by molar-refractivity contribution is 7.17. The molecule has 1 fully saturated rings. The van der Waals surface area contributed by atoms with Crippen LogP contribution in [0.3, 0.4) is 0 Å². The number of fused-ring (bicyclic) bond motifs is 1. The quantitative estimate of drug-likeness (QED) is 0.920. The molecule has 0 atom stereocenters. The molecule has 5 nitrogen and oxygen atoms in total. The molecule has 22 heavy (non-hydrogen) atoms. The molecule has 2 aromatic heterocycles. The Bertz CT molecular complexity index is 671. The number of likely N-dealkylation sites (tertiary alicyclic amines) is 1. The van der Waals surface area contributed by atoms with Gasteiger partial charge in [-0.25, -0.2) is 4.98 Å². The molecule has 0 bridgehead atoms. The van der Waals surface area contributed by atoms with Crippen molar-refractivity contribution in [1.82, 2.24) is 14.9 Å². The van der Waals surface area contributed by atoms with Gasteiger partial charge in [0.05, 0.1) is 18.2 Å². The lowest BCUT2D eigenvalue weighted by atomic mass is 10.1. The second-order valence-corrected chi connectivity index (χ2v) is 7.27. The van der Waals surface area contributed by atoms with E-state index in [1.54, 1.807) is 0 Å². The molecule has 0 saturated carbocycles. The minimum absolute atomic E-state index is 0.0230. The molecule has 120 valence electrons. The van der Waals surface area contributed by atoms with Crippen LogP contribution in [0.2, 0.25) is 0 Å². The number of hydrogen-bond donors (Lipinski definition) is 1. The summed E-state index contributed by atoms with van der Waals surface area (Å²) >= 11 is 1.44. The van der Waals surface area contributed by atoms with Gasteiger partial charge in [-0.3, -0.25) is 9.69 Å². The second-order valence-electron chi connectivity index (χ2n) is 6.35. The maximum Gasteiger partial charge on any atom is 0.268 e. The summed E-state index contributed by atoms with van der Waals surface area (Å²) in [5.41, 5.74) is 0.782. The maximum atomic E-state index is 12.0. The van der Waals surface area contributed by atoms with Crippen LogP contribution in [0.1, 0.15) is 32.5 Å². The summed E-state index contributed by atoms with van der Waals surface area (Å²) < 4.78 is 6.62. The van der Waals surface area contributed by atoms with E-state index in [2.05, 4.69) is 28.7 Å². The Hall–Kier alpha value is -1.24. The van der Waals surface area contributed by atoms with Crippen LogP contribution >= 0.6 is 11.3 Å². The van der Waals surface area contributed by atoms with E-state index in [4.69, 9.17) is 4.74 Å². The van der Waals surface area contributed by atoms with Crippen LogP contribution in [0.4, 0.5) is 0 Å². The summed E-state index contributed by atoms with van der Waals surface area (Å²) in [4.78, 5) is 21.8. The Labute approximate surface area is 134 Å². The summed E-state index contributed by atoms with van der Waals surface area (Å²) in [6.45, 7) is 7.89. The largest absolute Gasteiger partial charge is 0.378 e. The number of thiophene rings is 1. The maximum absolute atomic E-state index is 12.0. The van der Waals surface area contributed by atoms with Crippen molar-refractivity contribution in [3.05, 3.63) is 27.6 Å². The molecular formula is C16H23N3O2S. The zero-order valence-corrected chi connectivity index (χ0v) is 14.0. The Morgan fingerprint density at radius 2 is 2.23 bits per heavy atom. The highest BCUT2D eigenvalue weighted by atomic mass is 32.1. The zero-order valence-electron chi connectivity index (χ0n) is 13.2. The fraction of sp³-hybridized carbons (Fsp3) is 0.625. The smallest absolute Gasteiger partial charge is 0.268 e. The van der Waals surface area contributed by atoms with Crippen LogP contribution < -0.4 is 5.56 Å². The van der Waals surface area contributed by atoms with Crippen molar-refractivity contribution in [1.29, 1.82) is 0 Å². The van der Waals surface area contributed by atoms with Gasteiger partial charge >= 0.3 is 0 Å². The fourth-order valence-electron chi connectivity index (χ4n) is 2.77. The first-order valence-corrected chi connectivity index (χ1v) is 8.80. The van der Waals surface area contributed by atoms with Gasteiger partial charge in [-0.1, -0.05) is 13.8 Å². The van der Waals surface area contributed by atoms with Crippen molar-refractivity contribution < 1.29 is 4.74 Å². The number of ether oxygens (including phenoxy) is 1. The lowest BCUT2D eigenvalue weighted by Crippen LogP contribution is -2.37. The first-order chi connectivity index (χ1) is 10.6. The molecule has 0 aliphatic carbocycles. The van der Waals surface area contributed by atoms with E-state index < -0.39 is 0 Å². The van der Waals surface area contributed by atoms with Crippen molar-refractivity contribution in [2.45, 2.75) is 39.3 Å². The van der Waals surface area contributed by atoms with Gasteiger partial charge in [-0.2, -0.15) is 0 Å². The predicted octanol–water partition coefficient (Wildman–Crippen LogP) is 2.62. The van der Waals surface area contributed by atoms with E-state index in [1.165, 1.54) is 11.3 Å². The van der Waals surface area contributed by atoms with Crippen molar-refractivity contribution in [2.24, 2.45) is 5.92 Å². The molecular weight excluding hydrogens is 298 g/mol. The molecule has 0 unspecified atom stereocenters. The van der Waals surface area contributed by atoms with Crippen LogP contribution in [0, 0.1) is 5.92 Å². The number of nitrogens with zero attached hydrogens (tertiary/aromatic N) is 2. The minimum Gasteiger partial charge on any atom is -0.378 e. The van der Waals surface area contributed by atoms with E-state index in [9.17, 15) is 4.79 Å². The molecule has 3 rings (SSSR count). The third-order valence-electron chi connectivity index (χ3n) is 3.94. The summed E-state index contributed by atoms with van der Waals surface area (Å²) in [5.74, 6) is 1.35. The van der Waals surface area contributed by atoms with Crippen LogP contribution in [0.15, 0.2) is 16.2 Å². The standard InChI is InChI=1S/C16H23N3O2S/c1-11(2)10-21-12-3-6-19(7-4-12)9-14-17-13-5-8-22-15(13)16(20)18-14/h5,8,11-12H,3-4,6-7,9-10H2,1-2H3,(H,17,18,20). The van der Waals surface area contributed by atoms with E-state index in [0.717, 1.165) is 43.9 Å². The van der Waals surface area contributed by atoms with Crippen LogP contribution in [-0.2, 0) is 11.3 Å². The summed E-state index contributed by atoms with van der Waals surface area (Å²) in [6, 6.07) is 1.91. The number of H-pyrrole nitrogens is 1. The number of aromatic amines is 1. The molecule has 1 aliphatic rings. The number of hydrogen-bond acceptors (Lipinski definition) is 5. The Kier molecular flexibility index (Phi) is 4.90. The Morgan fingerprint density at radius 1 is 1.45 bits per heavy atom. The highest BCUT2D eigenvalue weighted by Gasteiger charge is 2.20. The topological polar surface area (TPSA) is 58.2 Å². The molecule has 0 radical (unpaired) electrons. The van der Waals surface area contributed by atoms with Gasteiger partial charge in [0, 0.05) is 19.7 Å². The normalized spacial score (nSPS) is 17.6. The Morgan fingerprint density at radius 3 is 2.95 bits per heavy atom. The van der Waals surface area contributed by atoms with E-state index in [0.29, 0.717) is 23.3 Å². The van der Waals surface area contributed by atoms with Gasteiger partial charge in [0.2, 0.25) is 0 Å². The van der Waals surface area contributed by atoms with E-state index in [-0.39, 0.29) is 5.56 Å². The fourth-order valence-corrected chi connectivity index (χ4v) is 3.50. The third-order valence-corrected chi connectivity index (χ3v) is 4.84. The van der Waals surface area contributed by atoms with Crippen LogP contribution in [0.25, 0.3) is 10.2 Å². The molecule has 2 aromatic rings. The molecule has 1 N–H and O–H groups in total. The molecule has 0 amide bonds. The van der Waals surface area contributed by atoms with Gasteiger partial charge in [0.15, 0.2) is 0 Å². The third kappa shape index (κ3) is 3.74. The first kappa shape index (κ1) is 15.6. The molecule has 6 heteroatoms. The number of piperidine rings is 1. The van der Waals surface area contributed by atoms with Crippen molar-refractivity contribution in [3.8, 4) is 0 Å². The van der Waals surface area contributed by atoms with Crippen molar-refractivity contribution >= 4 is 21.6 Å². The first-order valence-electron chi connectivity index (χ1n) is 7.92. The Balaban J connectivity index is 1.56. The zero-order chi connectivity index (χ0) is 15.5. The van der Waals surface area contributed by atoms with Gasteiger partial charge in [-0.05, 0) is 30.2 Å². The SMILES string of the molecule is CC(C)COC1CCN(Cc2nc3ccsc3c(=O)[nH]2)CC1. The minimum atomic E-state index is -0.0230. The van der Waals surface area contributed by atoms with E-state index >= 15 is 0 Å². The van der Waals surface area contributed by atoms with Crippen LogP contribution in [-0.4, -0.2) is 40.7 Å². The average Bonchev–Trinajstić information content (AvgIpc) is 2.95. The number of nitrogens with one attached hydrogen (secondary N) is 1. The van der Waals surface area contributed by atoms with Crippen LogP contribution in [0.5, 0.6) is 0 Å². The van der Waals surface area contributed by atoms with Crippen molar-refractivity contribution in [2.75, 3.05) is 19.7 Å². The highest BCUT2D eigenvalue weighted by Crippen LogP contribution is 2.17. The van der Waals surface area contributed by atoms with Gasteiger partial charge in [0.25, 0.3) is 5.56 Å². The number of rotatable bonds is 5. The molecule has 3 heterocycles. The monoisotopic (exact) mass is 321 g/mol. The molecule has 0 aromatic carbocycles.